The first-order valence-electron chi connectivity index (χ1n) is 6.56. The Labute approximate surface area is 121 Å². The van der Waals surface area contributed by atoms with Crippen molar-refractivity contribution in [3.8, 4) is 0 Å². The minimum absolute atomic E-state index is 0.123. The van der Waals surface area contributed by atoms with E-state index in [0.29, 0.717) is 30.4 Å². The molecule has 0 unspecified atom stereocenters. The molecule has 0 aliphatic heterocycles. The number of unbranched alkanes of at least 4 members (excludes halogenated alkanes) is 1. The Kier molecular flexibility index (Phi) is 6.92. The quantitative estimate of drug-likeness (QED) is 0.638. The third-order valence-electron chi connectivity index (χ3n) is 2.37. The Bertz CT molecular complexity index is 448. The van der Waals surface area contributed by atoms with Crippen molar-refractivity contribution in [3.63, 3.8) is 0 Å². The van der Waals surface area contributed by atoms with Gasteiger partial charge in [-0.15, -0.1) is 10.2 Å². The number of aromatic nitrogens is 2. The number of hydrogen-bond acceptors (Lipinski definition) is 5. The van der Waals surface area contributed by atoms with Crippen molar-refractivity contribution < 1.29 is 14.7 Å². The van der Waals surface area contributed by atoms with E-state index in [4.69, 9.17) is 5.11 Å². The van der Waals surface area contributed by atoms with Gasteiger partial charge in [0.1, 0.15) is 5.01 Å². The highest BCUT2D eigenvalue weighted by Gasteiger charge is 2.08. The molecule has 0 fully saturated rings. The molecule has 0 aliphatic rings. The van der Waals surface area contributed by atoms with E-state index >= 15 is 0 Å². The van der Waals surface area contributed by atoms with Gasteiger partial charge >= 0.3 is 12.0 Å². The Morgan fingerprint density at radius 2 is 2.05 bits per heavy atom. The summed E-state index contributed by atoms with van der Waals surface area (Å²) in [6, 6.07) is -0.340. The van der Waals surface area contributed by atoms with Crippen LogP contribution >= 0.6 is 11.3 Å². The van der Waals surface area contributed by atoms with Crippen molar-refractivity contribution in [3.05, 3.63) is 5.01 Å². The minimum atomic E-state index is -0.819. The molecule has 0 aliphatic carbocycles. The molecule has 0 spiro atoms. The van der Waals surface area contributed by atoms with Gasteiger partial charge in [-0.3, -0.25) is 10.1 Å². The van der Waals surface area contributed by atoms with Crippen LogP contribution in [0.25, 0.3) is 0 Å². The molecule has 1 aromatic rings. The summed E-state index contributed by atoms with van der Waals surface area (Å²) in [5.74, 6) is -0.320. The van der Waals surface area contributed by atoms with E-state index in [1.807, 2.05) is 0 Å². The number of amides is 2. The number of nitrogens with zero attached hydrogens (tertiary/aromatic N) is 2. The third-order valence-corrected chi connectivity index (χ3v) is 3.23. The summed E-state index contributed by atoms with van der Waals surface area (Å²) < 4.78 is 0. The molecule has 8 heteroatoms. The summed E-state index contributed by atoms with van der Waals surface area (Å²) in [5, 5.41) is 23.0. The predicted octanol–water partition coefficient (Wildman–Crippen LogP) is 2.11. The Morgan fingerprint density at radius 1 is 1.30 bits per heavy atom. The monoisotopic (exact) mass is 300 g/mol. The molecule has 1 heterocycles. The number of rotatable bonds is 8. The number of carbonyl (C=O) groups is 2. The van der Waals surface area contributed by atoms with E-state index in [2.05, 4.69) is 34.7 Å². The first-order valence-corrected chi connectivity index (χ1v) is 7.38. The summed E-state index contributed by atoms with van der Waals surface area (Å²) in [6.45, 7) is 4.63. The molecule has 0 aromatic carbocycles. The van der Waals surface area contributed by atoms with Gasteiger partial charge in [-0.25, -0.2) is 4.79 Å². The van der Waals surface area contributed by atoms with Crippen molar-refractivity contribution in [2.24, 2.45) is 5.92 Å². The van der Waals surface area contributed by atoms with Crippen molar-refractivity contribution in [1.82, 2.24) is 15.5 Å². The lowest BCUT2D eigenvalue weighted by molar-refractivity contribution is -0.137. The molecule has 1 aromatic heterocycles. The van der Waals surface area contributed by atoms with E-state index in [1.54, 1.807) is 0 Å². The van der Waals surface area contributed by atoms with Crippen molar-refractivity contribution >= 4 is 28.5 Å². The zero-order valence-corrected chi connectivity index (χ0v) is 12.5. The normalized spacial score (nSPS) is 10.6. The standard InChI is InChI=1S/C12H20N4O3S/c1-8(2)7-9-15-16-12(20-9)14-11(19)13-6-4-3-5-10(17)18/h8H,3-7H2,1-2H3,(H,17,18)(H2,13,14,16,19). The van der Waals surface area contributed by atoms with Gasteiger partial charge in [0.15, 0.2) is 0 Å². The molecular weight excluding hydrogens is 280 g/mol. The SMILES string of the molecule is CC(C)Cc1nnc(NC(=O)NCCCCC(=O)O)s1. The molecule has 0 saturated carbocycles. The first kappa shape index (κ1) is 16.4. The number of carboxylic acid groups (broad SMARTS) is 1. The summed E-state index contributed by atoms with van der Waals surface area (Å²) >= 11 is 1.37. The molecule has 7 nitrogen and oxygen atoms in total. The second-order valence-corrected chi connectivity index (χ2v) is 5.89. The summed E-state index contributed by atoms with van der Waals surface area (Å²) in [7, 11) is 0. The Hall–Kier alpha value is -1.70. The fourth-order valence-electron chi connectivity index (χ4n) is 1.48. The number of urea groups is 1. The van der Waals surface area contributed by atoms with Gasteiger partial charge in [0.2, 0.25) is 5.13 Å². The van der Waals surface area contributed by atoms with Gasteiger partial charge in [-0.1, -0.05) is 25.2 Å². The molecule has 1 rings (SSSR count). The van der Waals surface area contributed by atoms with Gasteiger partial charge in [0.05, 0.1) is 0 Å². The van der Waals surface area contributed by atoms with Crippen LogP contribution in [0.3, 0.4) is 0 Å². The zero-order chi connectivity index (χ0) is 15.0. The van der Waals surface area contributed by atoms with Gasteiger partial charge < -0.3 is 10.4 Å². The van der Waals surface area contributed by atoms with Crippen LogP contribution in [0.1, 0.15) is 38.1 Å². The summed E-state index contributed by atoms with van der Waals surface area (Å²) in [5.41, 5.74) is 0. The average molecular weight is 300 g/mol. The molecule has 0 saturated heterocycles. The predicted molar refractivity (Wildman–Crippen MR) is 77.0 cm³/mol. The highest BCUT2D eigenvalue weighted by atomic mass is 32.1. The highest BCUT2D eigenvalue weighted by molar-refractivity contribution is 7.15. The Morgan fingerprint density at radius 3 is 2.70 bits per heavy atom. The van der Waals surface area contributed by atoms with Gasteiger partial charge in [-0.2, -0.15) is 0 Å². The van der Waals surface area contributed by atoms with Crippen LogP contribution in [-0.2, 0) is 11.2 Å². The molecule has 112 valence electrons. The molecule has 0 bridgehead atoms. The van der Waals surface area contributed by atoms with Gasteiger partial charge in [0, 0.05) is 19.4 Å². The second kappa shape index (κ2) is 8.47. The molecule has 3 N–H and O–H groups in total. The largest absolute Gasteiger partial charge is 0.481 e. The van der Waals surface area contributed by atoms with Crippen molar-refractivity contribution in [2.45, 2.75) is 39.5 Å². The lowest BCUT2D eigenvalue weighted by Crippen LogP contribution is -2.29. The van der Waals surface area contributed by atoms with Crippen LogP contribution in [-0.4, -0.2) is 33.8 Å². The van der Waals surface area contributed by atoms with E-state index in [1.165, 1.54) is 11.3 Å². The number of nitrogens with one attached hydrogen (secondary N) is 2. The number of carboxylic acids is 1. The maximum Gasteiger partial charge on any atom is 0.321 e. The van der Waals surface area contributed by atoms with Crippen LogP contribution in [0.15, 0.2) is 0 Å². The Balaban J connectivity index is 2.21. The van der Waals surface area contributed by atoms with Crippen molar-refractivity contribution in [1.29, 1.82) is 0 Å². The minimum Gasteiger partial charge on any atom is -0.481 e. The second-order valence-electron chi connectivity index (χ2n) is 4.83. The molecule has 0 radical (unpaired) electrons. The van der Waals surface area contributed by atoms with Crippen LogP contribution in [0.5, 0.6) is 0 Å². The molecule has 0 atom stereocenters. The fraction of sp³-hybridized carbons (Fsp3) is 0.667. The van der Waals surface area contributed by atoms with Crippen molar-refractivity contribution in [2.75, 3.05) is 11.9 Å². The summed E-state index contributed by atoms with van der Waals surface area (Å²) in [4.78, 5) is 21.8. The van der Waals surface area contributed by atoms with Crippen LogP contribution < -0.4 is 10.6 Å². The van der Waals surface area contributed by atoms with E-state index in [0.717, 1.165) is 11.4 Å². The average Bonchev–Trinajstić information content (AvgIpc) is 2.74. The van der Waals surface area contributed by atoms with E-state index in [-0.39, 0.29) is 12.5 Å². The maximum absolute atomic E-state index is 11.5. The third kappa shape index (κ3) is 7.03. The molecule has 2 amide bonds. The van der Waals surface area contributed by atoms with Gasteiger partial charge in [0.25, 0.3) is 0 Å². The first-order chi connectivity index (χ1) is 9.47. The number of anilines is 1. The van der Waals surface area contributed by atoms with Crippen LogP contribution in [0.2, 0.25) is 0 Å². The number of carbonyl (C=O) groups excluding carboxylic acids is 1. The van der Waals surface area contributed by atoms with Crippen LogP contribution in [0, 0.1) is 5.92 Å². The summed E-state index contributed by atoms with van der Waals surface area (Å²) in [6.07, 6.45) is 2.15. The topological polar surface area (TPSA) is 104 Å². The van der Waals surface area contributed by atoms with Gasteiger partial charge in [-0.05, 0) is 18.8 Å². The fourth-order valence-corrected chi connectivity index (χ4v) is 2.43. The smallest absolute Gasteiger partial charge is 0.321 e. The van der Waals surface area contributed by atoms with Crippen LogP contribution in [0.4, 0.5) is 9.93 Å². The highest BCUT2D eigenvalue weighted by Crippen LogP contribution is 2.17. The number of aliphatic carboxylic acids is 1. The van der Waals surface area contributed by atoms with E-state index < -0.39 is 5.97 Å². The lowest BCUT2D eigenvalue weighted by atomic mass is 10.1. The lowest BCUT2D eigenvalue weighted by Gasteiger charge is -2.04. The number of hydrogen-bond donors (Lipinski definition) is 3. The van der Waals surface area contributed by atoms with E-state index in [9.17, 15) is 9.59 Å². The molecular formula is C12H20N4O3S. The zero-order valence-electron chi connectivity index (χ0n) is 11.7. The molecule has 20 heavy (non-hydrogen) atoms. The maximum atomic E-state index is 11.5.